The zero-order valence-corrected chi connectivity index (χ0v) is 16.1. The third-order valence-electron chi connectivity index (χ3n) is 4.36. The molecule has 3 aromatic rings. The van der Waals surface area contributed by atoms with Crippen LogP contribution in [0.4, 0.5) is 0 Å². The molecular formula is C23H22ClNO2. The van der Waals surface area contributed by atoms with Gasteiger partial charge in [0.2, 0.25) is 0 Å². The first-order chi connectivity index (χ1) is 13.0. The van der Waals surface area contributed by atoms with Crippen molar-refractivity contribution in [3.8, 4) is 5.75 Å². The fourth-order valence-electron chi connectivity index (χ4n) is 2.86. The van der Waals surface area contributed by atoms with E-state index in [-0.39, 0.29) is 11.9 Å². The lowest BCUT2D eigenvalue weighted by atomic mass is 9.98. The molecule has 27 heavy (non-hydrogen) atoms. The molecule has 0 saturated heterocycles. The number of aryl methyl sites for hydroxylation is 1. The first-order valence-electron chi connectivity index (χ1n) is 8.87. The molecule has 0 bridgehead atoms. The maximum atomic E-state index is 12.8. The van der Waals surface area contributed by atoms with Crippen LogP contribution < -0.4 is 10.1 Å². The number of hydrogen-bond donors (Lipinski definition) is 1. The van der Waals surface area contributed by atoms with Crippen molar-refractivity contribution in [3.05, 3.63) is 101 Å². The third-order valence-corrected chi connectivity index (χ3v) is 4.79. The molecule has 1 amide bonds. The minimum atomic E-state index is -0.638. The number of rotatable bonds is 6. The fourth-order valence-corrected chi connectivity index (χ4v) is 2.98. The monoisotopic (exact) mass is 379 g/mol. The molecule has 0 fully saturated rings. The lowest BCUT2D eigenvalue weighted by Gasteiger charge is -2.22. The summed E-state index contributed by atoms with van der Waals surface area (Å²) in [6, 6.07) is 24.9. The molecule has 1 unspecified atom stereocenters. The highest BCUT2D eigenvalue weighted by Crippen LogP contribution is 2.24. The number of ether oxygens (including phenoxy) is 1. The fraction of sp³-hybridized carbons (Fsp3) is 0.174. The molecule has 3 rings (SSSR count). The molecule has 0 spiro atoms. The van der Waals surface area contributed by atoms with Gasteiger partial charge in [0.1, 0.15) is 5.75 Å². The van der Waals surface area contributed by atoms with Crippen LogP contribution in [0, 0.1) is 6.92 Å². The number of amides is 1. The first kappa shape index (κ1) is 19.0. The van der Waals surface area contributed by atoms with E-state index in [0.717, 1.165) is 16.7 Å². The Kier molecular flexibility index (Phi) is 6.15. The van der Waals surface area contributed by atoms with Gasteiger partial charge in [0.25, 0.3) is 5.91 Å². The Bertz CT molecular complexity index is 857. The minimum absolute atomic E-state index is 0.180. The molecule has 0 aromatic heterocycles. The maximum absolute atomic E-state index is 12.8. The molecule has 0 heterocycles. The molecule has 4 heteroatoms. The number of nitrogens with one attached hydrogen (secondary N) is 1. The predicted octanol–water partition coefficient (Wildman–Crippen LogP) is 5.32. The Labute approximate surface area is 164 Å². The number of hydrogen-bond acceptors (Lipinski definition) is 2. The highest BCUT2D eigenvalue weighted by atomic mass is 35.5. The highest BCUT2D eigenvalue weighted by Gasteiger charge is 2.21. The summed E-state index contributed by atoms with van der Waals surface area (Å²) in [5, 5.41) is 3.78. The van der Waals surface area contributed by atoms with Crippen molar-refractivity contribution < 1.29 is 9.53 Å². The van der Waals surface area contributed by atoms with Crippen molar-refractivity contribution in [1.82, 2.24) is 5.32 Å². The molecule has 1 atom stereocenters. The van der Waals surface area contributed by atoms with Crippen LogP contribution in [0.3, 0.4) is 0 Å². The number of carbonyl (C=O) groups excluding carboxylic acids is 1. The van der Waals surface area contributed by atoms with Gasteiger partial charge < -0.3 is 10.1 Å². The van der Waals surface area contributed by atoms with E-state index in [2.05, 4.69) is 5.32 Å². The van der Waals surface area contributed by atoms with E-state index in [9.17, 15) is 4.79 Å². The number of halogens is 1. The van der Waals surface area contributed by atoms with E-state index in [0.29, 0.717) is 10.8 Å². The van der Waals surface area contributed by atoms with Crippen LogP contribution in [0.1, 0.15) is 29.7 Å². The van der Waals surface area contributed by atoms with Crippen molar-refractivity contribution >= 4 is 17.5 Å². The van der Waals surface area contributed by atoms with Crippen molar-refractivity contribution in [3.63, 3.8) is 0 Å². The lowest BCUT2D eigenvalue weighted by Crippen LogP contribution is -2.39. The Balaban J connectivity index is 1.76. The molecular weight excluding hydrogens is 358 g/mol. The number of benzene rings is 3. The van der Waals surface area contributed by atoms with Crippen LogP contribution >= 0.6 is 11.6 Å². The predicted molar refractivity (Wildman–Crippen MR) is 109 cm³/mol. The van der Waals surface area contributed by atoms with Gasteiger partial charge >= 0.3 is 0 Å². The minimum Gasteiger partial charge on any atom is -0.481 e. The third kappa shape index (κ3) is 4.89. The molecule has 0 aliphatic heterocycles. The second-order valence-electron chi connectivity index (χ2n) is 6.43. The quantitative estimate of drug-likeness (QED) is 0.629. The van der Waals surface area contributed by atoms with Crippen LogP contribution in [0.5, 0.6) is 5.75 Å². The second kappa shape index (κ2) is 8.74. The van der Waals surface area contributed by atoms with E-state index < -0.39 is 6.10 Å². The molecule has 1 N–H and O–H groups in total. The van der Waals surface area contributed by atoms with Gasteiger partial charge in [0.05, 0.1) is 6.04 Å². The van der Waals surface area contributed by atoms with E-state index in [1.54, 1.807) is 19.1 Å². The summed E-state index contributed by atoms with van der Waals surface area (Å²) in [6.45, 7) is 3.65. The summed E-state index contributed by atoms with van der Waals surface area (Å²) < 4.78 is 5.81. The van der Waals surface area contributed by atoms with E-state index in [4.69, 9.17) is 16.3 Å². The van der Waals surface area contributed by atoms with Gasteiger partial charge in [0, 0.05) is 5.02 Å². The number of carbonyl (C=O) groups is 1. The van der Waals surface area contributed by atoms with Crippen LogP contribution in [0.15, 0.2) is 78.9 Å². The van der Waals surface area contributed by atoms with Crippen molar-refractivity contribution in [2.24, 2.45) is 0 Å². The molecule has 0 saturated carbocycles. The molecule has 0 aliphatic rings. The Morgan fingerprint density at radius 3 is 2.00 bits per heavy atom. The van der Waals surface area contributed by atoms with Gasteiger partial charge in [-0.15, -0.1) is 0 Å². The van der Waals surface area contributed by atoms with E-state index in [1.165, 1.54) is 0 Å². The van der Waals surface area contributed by atoms with Crippen LogP contribution in [0.25, 0.3) is 0 Å². The smallest absolute Gasteiger partial charge is 0.261 e. The normalized spacial score (nSPS) is 11.9. The Morgan fingerprint density at radius 1 is 0.926 bits per heavy atom. The molecule has 3 nitrogen and oxygen atoms in total. The van der Waals surface area contributed by atoms with Gasteiger partial charge in [-0.2, -0.15) is 0 Å². The zero-order valence-electron chi connectivity index (χ0n) is 15.4. The summed E-state index contributed by atoms with van der Waals surface area (Å²) >= 11 is 6.05. The Hall–Kier alpha value is -2.78. The summed E-state index contributed by atoms with van der Waals surface area (Å²) in [4.78, 5) is 12.8. The largest absolute Gasteiger partial charge is 0.481 e. The van der Waals surface area contributed by atoms with E-state index >= 15 is 0 Å². The summed E-state index contributed by atoms with van der Waals surface area (Å²) in [5.41, 5.74) is 2.95. The summed E-state index contributed by atoms with van der Waals surface area (Å²) in [7, 11) is 0. The maximum Gasteiger partial charge on any atom is 0.261 e. The van der Waals surface area contributed by atoms with Gasteiger partial charge in [-0.1, -0.05) is 72.3 Å². The standard InChI is InChI=1S/C23H22ClNO2/c1-16-15-20(13-14-21(16)24)27-17(2)23(26)25-22(18-9-5-3-6-10-18)19-11-7-4-8-12-19/h3-15,17,22H,1-2H3,(H,25,26). The molecule has 138 valence electrons. The lowest BCUT2D eigenvalue weighted by molar-refractivity contribution is -0.127. The van der Waals surface area contributed by atoms with Gasteiger partial charge in [-0.3, -0.25) is 4.79 Å². The van der Waals surface area contributed by atoms with Crippen molar-refractivity contribution in [1.29, 1.82) is 0 Å². The van der Waals surface area contributed by atoms with Crippen molar-refractivity contribution in [2.75, 3.05) is 0 Å². The first-order valence-corrected chi connectivity index (χ1v) is 9.25. The van der Waals surface area contributed by atoms with Gasteiger partial charge in [0.15, 0.2) is 6.10 Å². The highest BCUT2D eigenvalue weighted by molar-refractivity contribution is 6.31. The van der Waals surface area contributed by atoms with E-state index in [1.807, 2.05) is 73.7 Å². The van der Waals surface area contributed by atoms with Gasteiger partial charge in [-0.25, -0.2) is 0 Å². The zero-order chi connectivity index (χ0) is 19.2. The molecule has 3 aromatic carbocycles. The summed E-state index contributed by atoms with van der Waals surface area (Å²) in [6.07, 6.45) is -0.638. The van der Waals surface area contributed by atoms with Gasteiger partial charge in [-0.05, 0) is 48.7 Å². The Morgan fingerprint density at radius 2 is 1.48 bits per heavy atom. The average molecular weight is 380 g/mol. The van der Waals surface area contributed by atoms with Crippen molar-refractivity contribution in [2.45, 2.75) is 26.0 Å². The summed E-state index contributed by atoms with van der Waals surface area (Å²) in [5.74, 6) is 0.441. The SMILES string of the molecule is Cc1cc(OC(C)C(=O)NC(c2ccccc2)c2ccccc2)ccc1Cl. The van der Waals surface area contributed by atoms with Crippen LogP contribution in [-0.4, -0.2) is 12.0 Å². The molecule has 0 aliphatic carbocycles. The topological polar surface area (TPSA) is 38.3 Å². The molecule has 0 radical (unpaired) electrons. The average Bonchev–Trinajstić information content (AvgIpc) is 2.70. The van der Waals surface area contributed by atoms with Crippen LogP contribution in [0.2, 0.25) is 5.02 Å². The van der Waals surface area contributed by atoms with Crippen LogP contribution in [-0.2, 0) is 4.79 Å². The second-order valence-corrected chi connectivity index (χ2v) is 6.84.